The smallest absolute Gasteiger partial charge is 0.238 e. The number of hydrogen-bond acceptors (Lipinski definition) is 5. The van der Waals surface area contributed by atoms with Crippen molar-refractivity contribution in [2.45, 2.75) is 25.4 Å². The van der Waals surface area contributed by atoms with E-state index in [1.54, 1.807) is 24.4 Å². The van der Waals surface area contributed by atoms with Gasteiger partial charge in [0.25, 0.3) is 0 Å². The normalized spacial score (nSPS) is 22.9. The molecule has 1 aliphatic rings. The number of nitrogens with zero attached hydrogens (tertiary/aromatic N) is 2. The number of aromatic nitrogens is 1. The molecule has 0 aliphatic carbocycles. The van der Waals surface area contributed by atoms with Gasteiger partial charge in [-0.1, -0.05) is 59.4 Å². The lowest BCUT2D eigenvalue weighted by Gasteiger charge is -2.34. The van der Waals surface area contributed by atoms with Gasteiger partial charge in [-0.25, -0.2) is 0 Å². The molecule has 2 heterocycles. The topological polar surface area (TPSA) is 91.4 Å². The quantitative estimate of drug-likeness (QED) is 0.322. The number of nitrogens with one attached hydrogen (secondary N) is 2. The maximum Gasteiger partial charge on any atom is 0.238 e. The Morgan fingerprint density at radius 3 is 2.32 bits per heavy atom. The highest BCUT2D eigenvalue weighted by molar-refractivity contribution is 6.37. The zero-order valence-electron chi connectivity index (χ0n) is 19.7. The van der Waals surface area contributed by atoms with Gasteiger partial charge in [0.1, 0.15) is 0 Å². The van der Waals surface area contributed by atoms with Gasteiger partial charge in [-0.05, 0) is 60.9 Å². The van der Waals surface area contributed by atoms with Gasteiger partial charge in [-0.3, -0.25) is 29.6 Å². The first-order valence-corrected chi connectivity index (χ1v) is 12.7. The van der Waals surface area contributed by atoms with Gasteiger partial charge in [0.15, 0.2) is 0 Å². The van der Waals surface area contributed by atoms with E-state index in [9.17, 15) is 14.4 Å². The maximum atomic E-state index is 14.1. The zero-order valence-corrected chi connectivity index (χ0v) is 22.7. The molecule has 2 aromatic carbocycles. The van der Waals surface area contributed by atoms with Crippen LogP contribution in [0.1, 0.15) is 31.1 Å². The van der Waals surface area contributed by atoms with Crippen molar-refractivity contribution in [1.29, 1.82) is 0 Å². The number of amides is 3. The first-order valence-electron chi connectivity index (χ1n) is 11.2. The van der Waals surface area contributed by atoms with E-state index in [1.165, 1.54) is 24.3 Å². The SMILES string of the molecule is CC1C(C(=O)N(C=O)c2cc(Cl)cc(Cl)c2)C(c2ccccn2)NC1(C)c1cc(Cl)cc(Cl)c1NC=O. The molecule has 0 spiro atoms. The predicted octanol–water partition coefficient (Wildman–Crippen LogP) is 6.27. The summed E-state index contributed by atoms with van der Waals surface area (Å²) in [7, 11) is 0. The molecule has 1 saturated heterocycles. The third-order valence-electron chi connectivity index (χ3n) is 6.84. The fourth-order valence-electron chi connectivity index (χ4n) is 4.96. The van der Waals surface area contributed by atoms with Crippen molar-refractivity contribution in [3.63, 3.8) is 0 Å². The van der Waals surface area contributed by atoms with E-state index in [4.69, 9.17) is 46.4 Å². The predicted molar refractivity (Wildman–Crippen MR) is 146 cm³/mol. The van der Waals surface area contributed by atoms with Crippen LogP contribution in [0.25, 0.3) is 0 Å². The third kappa shape index (κ3) is 5.19. The number of anilines is 2. The second kappa shape index (κ2) is 11.0. The number of benzene rings is 2. The number of rotatable bonds is 7. The van der Waals surface area contributed by atoms with E-state index in [0.29, 0.717) is 34.8 Å². The summed E-state index contributed by atoms with van der Waals surface area (Å²) in [5, 5.41) is 7.36. The van der Waals surface area contributed by atoms with Gasteiger partial charge >= 0.3 is 0 Å². The van der Waals surface area contributed by atoms with Crippen molar-refractivity contribution in [2.24, 2.45) is 11.8 Å². The molecule has 192 valence electrons. The number of carbonyl (C=O) groups is 3. The van der Waals surface area contributed by atoms with E-state index in [0.717, 1.165) is 4.90 Å². The third-order valence-corrected chi connectivity index (χ3v) is 7.79. The fraction of sp³-hybridized carbons (Fsp3) is 0.231. The fourth-order valence-corrected chi connectivity index (χ4v) is 6.02. The average Bonchev–Trinajstić information content (AvgIpc) is 3.12. The number of halogens is 4. The Morgan fingerprint density at radius 1 is 1.05 bits per heavy atom. The molecule has 4 rings (SSSR count). The Morgan fingerprint density at radius 2 is 1.73 bits per heavy atom. The van der Waals surface area contributed by atoms with Crippen molar-refractivity contribution in [3.05, 3.63) is 86.1 Å². The molecule has 0 radical (unpaired) electrons. The van der Waals surface area contributed by atoms with Gasteiger partial charge in [-0.15, -0.1) is 0 Å². The summed E-state index contributed by atoms with van der Waals surface area (Å²) in [6.45, 7) is 3.77. The van der Waals surface area contributed by atoms with Gasteiger partial charge in [0.2, 0.25) is 18.7 Å². The highest BCUT2D eigenvalue weighted by Crippen LogP contribution is 2.51. The summed E-state index contributed by atoms with van der Waals surface area (Å²) < 4.78 is 0. The van der Waals surface area contributed by atoms with Crippen molar-refractivity contribution < 1.29 is 14.4 Å². The standard InChI is InChI=1S/C26H22Cl4N4O3/c1-14-22(25(37)34(13-36)18-8-15(27)7-16(28)9-18)24(21-5-3-4-6-31-21)33-26(14,2)19-10-17(29)11-20(30)23(19)32-12-35/h3-14,22,24,33H,1-2H3,(H,32,35). The first kappa shape index (κ1) is 27.4. The van der Waals surface area contributed by atoms with Crippen molar-refractivity contribution in [2.75, 3.05) is 10.2 Å². The second-order valence-corrected chi connectivity index (χ2v) is 10.6. The molecule has 4 atom stereocenters. The summed E-state index contributed by atoms with van der Waals surface area (Å²) in [4.78, 5) is 43.2. The van der Waals surface area contributed by atoms with Crippen LogP contribution in [0.4, 0.5) is 11.4 Å². The molecule has 3 aromatic rings. The van der Waals surface area contributed by atoms with Crippen LogP contribution in [-0.4, -0.2) is 23.7 Å². The Kier molecular flexibility index (Phi) is 8.11. The van der Waals surface area contributed by atoms with Gasteiger partial charge < -0.3 is 5.32 Å². The monoisotopic (exact) mass is 578 g/mol. The van der Waals surface area contributed by atoms with E-state index >= 15 is 0 Å². The maximum absolute atomic E-state index is 14.1. The minimum Gasteiger partial charge on any atom is -0.327 e. The van der Waals surface area contributed by atoms with Gasteiger partial charge in [0.05, 0.1) is 34.1 Å². The van der Waals surface area contributed by atoms with Crippen LogP contribution in [0.3, 0.4) is 0 Å². The molecule has 2 N–H and O–H groups in total. The van der Waals surface area contributed by atoms with Crippen LogP contribution < -0.4 is 15.5 Å². The molecule has 11 heteroatoms. The van der Waals surface area contributed by atoms with Crippen LogP contribution in [0.2, 0.25) is 20.1 Å². The summed E-state index contributed by atoms with van der Waals surface area (Å²) in [5.41, 5.74) is 0.869. The largest absolute Gasteiger partial charge is 0.327 e. The van der Waals surface area contributed by atoms with E-state index in [-0.39, 0.29) is 20.8 Å². The zero-order chi connectivity index (χ0) is 26.9. The van der Waals surface area contributed by atoms with Crippen LogP contribution in [0.15, 0.2) is 54.7 Å². The molecule has 0 saturated carbocycles. The number of carbonyl (C=O) groups excluding carboxylic acids is 3. The Hall–Kier alpha value is -2.68. The second-order valence-electron chi connectivity index (χ2n) is 8.91. The van der Waals surface area contributed by atoms with Crippen molar-refractivity contribution in [1.82, 2.24) is 10.3 Å². The van der Waals surface area contributed by atoms with Gasteiger partial charge in [-0.2, -0.15) is 0 Å². The molecular weight excluding hydrogens is 558 g/mol. The van der Waals surface area contributed by atoms with Crippen molar-refractivity contribution in [3.8, 4) is 0 Å². The summed E-state index contributed by atoms with van der Waals surface area (Å²) >= 11 is 25.1. The molecular formula is C26H22Cl4N4O3. The molecule has 4 unspecified atom stereocenters. The number of hydrogen-bond donors (Lipinski definition) is 2. The molecule has 0 bridgehead atoms. The van der Waals surface area contributed by atoms with Gasteiger partial charge in [0, 0.05) is 26.8 Å². The van der Waals surface area contributed by atoms with Crippen LogP contribution in [0.5, 0.6) is 0 Å². The average molecular weight is 580 g/mol. The highest BCUT2D eigenvalue weighted by Gasteiger charge is 2.54. The summed E-state index contributed by atoms with van der Waals surface area (Å²) in [5.74, 6) is -1.69. The van der Waals surface area contributed by atoms with Crippen LogP contribution in [-0.2, 0) is 19.9 Å². The lowest BCUT2D eigenvalue weighted by molar-refractivity contribution is -0.126. The Bertz CT molecular complexity index is 1340. The van der Waals surface area contributed by atoms with Crippen LogP contribution in [0, 0.1) is 11.8 Å². The number of pyridine rings is 1. The molecule has 7 nitrogen and oxygen atoms in total. The Balaban J connectivity index is 1.87. The van der Waals surface area contributed by atoms with Crippen LogP contribution >= 0.6 is 46.4 Å². The number of imide groups is 1. The molecule has 37 heavy (non-hydrogen) atoms. The lowest BCUT2D eigenvalue weighted by atomic mass is 9.75. The Labute approximate surface area is 234 Å². The lowest BCUT2D eigenvalue weighted by Crippen LogP contribution is -2.41. The summed E-state index contributed by atoms with van der Waals surface area (Å²) in [6, 6.07) is 12.5. The van der Waals surface area contributed by atoms with Crippen molar-refractivity contribution >= 4 is 76.5 Å². The molecule has 1 fully saturated rings. The minimum atomic E-state index is -0.928. The first-order chi connectivity index (χ1) is 17.6. The van der Waals surface area contributed by atoms with E-state index in [2.05, 4.69) is 15.6 Å². The van der Waals surface area contributed by atoms with E-state index < -0.39 is 29.3 Å². The van der Waals surface area contributed by atoms with E-state index in [1.807, 2.05) is 19.9 Å². The minimum absolute atomic E-state index is 0.243. The molecule has 3 amide bonds. The summed E-state index contributed by atoms with van der Waals surface area (Å²) in [6.07, 6.45) is 2.60. The highest BCUT2D eigenvalue weighted by atomic mass is 35.5. The molecule has 1 aromatic heterocycles. The molecule has 1 aliphatic heterocycles.